The Labute approximate surface area is 175 Å². The largest absolute Gasteiger partial charge is 0.378 e. The highest BCUT2D eigenvalue weighted by molar-refractivity contribution is 7.12. The first-order valence-electron chi connectivity index (χ1n) is 9.40. The van der Waals surface area contributed by atoms with E-state index in [1.165, 1.54) is 11.3 Å². The van der Waals surface area contributed by atoms with E-state index >= 15 is 0 Å². The summed E-state index contributed by atoms with van der Waals surface area (Å²) in [6.45, 7) is 2.82. The number of carbonyl (C=O) groups excluding carboxylic acids is 1. The molecular weight excluding hydrogens is 402 g/mol. The zero-order valence-corrected chi connectivity index (χ0v) is 16.7. The van der Waals surface area contributed by atoms with Crippen molar-refractivity contribution in [3.63, 3.8) is 0 Å². The van der Waals surface area contributed by atoms with Crippen molar-refractivity contribution < 1.29 is 9.53 Å². The van der Waals surface area contributed by atoms with Crippen LogP contribution in [0.2, 0.25) is 0 Å². The van der Waals surface area contributed by atoms with Crippen LogP contribution in [0.5, 0.6) is 0 Å². The Hall–Kier alpha value is -3.50. The number of benzene rings is 1. The summed E-state index contributed by atoms with van der Waals surface area (Å²) in [7, 11) is 0. The van der Waals surface area contributed by atoms with Crippen LogP contribution in [0, 0.1) is 0 Å². The van der Waals surface area contributed by atoms with Crippen LogP contribution in [0.1, 0.15) is 10.4 Å². The molecular formula is C20H17N7O2S. The second-order valence-corrected chi connectivity index (χ2v) is 7.54. The Kier molecular flexibility index (Phi) is 4.99. The van der Waals surface area contributed by atoms with Crippen LogP contribution in [0.3, 0.4) is 0 Å². The van der Waals surface area contributed by atoms with Gasteiger partial charge in [-0.25, -0.2) is 4.98 Å². The fourth-order valence-corrected chi connectivity index (χ4v) is 3.80. The first-order chi connectivity index (χ1) is 14.8. The third-order valence-corrected chi connectivity index (χ3v) is 5.52. The van der Waals surface area contributed by atoms with Crippen molar-refractivity contribution >= 4 is 39.8 Å². The number of hydrogen-bond donors (Lipinski definition) is 1. The fourth-order valence-electron chi connectivity index (χ4n) is 3.25. The lowest BCUT2D eigenvalue weighted by Gasteiger charge is -2.27. The minimum Gasteiger partial charge on any atom is -0.378 e. The van der Waals surface area contributed by atoms with Gasteiger partial charge in [0.2, 0.25) is 0 Å². The standard InChI is InChI=1S/C20H17N7O2S/c28-19(13-3-4-21-18(11-13)27-5-7-29-8-6-27)23-17-10-15-9-14(20-26-22-12-30-20)1-2-16(15)24-25-17/h1-4,9-12H,5-8H2,(H,23,25,28). The Morgan fingerprint density at radius 2 is 1.97 bits per heavy atom. The van der Waals surface area contributed by atoms with Crippen LogP contribution in [0.4, 0.5) is 11.6 Å². The SMILES string of the molecule is O=C(Nc1cc2cc(-c3nncs3)ccc2nn1)c1ccnc(N2CCOCC2)c1. The Bertz CT molecular complexity index is 1190. The lowest BCUT2D eigenvalue weighted by Crippen LogP contribution is -2.36. The molecule has 5 rings (SSSR count). The first kappa shape index (κ1) is 18.5. The van der Waals surface area contributed by atoms with Gasteiger partial charge in [-0.3, -0.25) is 4.79 Å². The third kappa shape index (κ3) is 3.82. The summed E-state index contributed by atoms with van der Waals surface area (Å²) in [5.41, 5.74) is 3.88. The minimum absolute atomic E-state index is 0.263. The molecule has 10 heteroatoms. The normalized spacial score (nSPS) is 14.1. The smallest absolute Gasteiger partial charge is 0.257 e. The highest BCUT2D eigenvalue weighted by Gasteiger charge is 2.15. The highest BCUT2D eigenvalue weighted by Crippen LogP contribution is 2.25. The van der Waals surface area contributed by atoms with Gasteiger partial charge in [-0.15, -0.1) is 20.4 Å². The number of nitrogens with zero attached hydrogens (tertiary/aromatic N) is 6. The molecule has 1 aliphatic rings. The molecule has 1 aliphatic heterocycles. The van der Waals surface area contributed by atoms with Gasteiger partial charge >= 0.3 is 0 Å². The number of morpholine rings is 1. The Morgan fingerprint density at radius 3 is 2.80 bits per heavy atom. The second-order valence-electron chi connectivity index (χ2n) is 6.70. The summed E-state index contributed by atoms with van der Waals surface area (Å²) in [6, 6.07) is 11.0. The van der Waals surface area contributed by atoms with E-state index < -0.39 is 0 Å². The van der Waals surface area contributed by atoms with E-state index in [2.05, 4.69) is 35.6 Å². The van der Waals surface area contributed by atoms with Gasteiger partial charge in [0.1, 0.15) is 16.3 Å². The molecule has 1 aromatic carbocycles. The lowest BCUT2D eigenvalue weighted by molar-refractivity contribution is 0.102. The molecule has 0 aliphatic carbocycles. The number of anilines is 2. The molecule has 9 nitrogen and oxygen atoms in total. The summed E-state index contributed by atoms with van der Waals surface area (Å²) in [5, 5.41) is 20.8. The van der Waals surface area contributed by atoms with Crippen LogP contribution >= 0.6 is 11.3 Å². The summed E-state index contributed by atoms with van der Waals surface area (Å²) in [5.74, 6) is 0.879. The molecule has 0 radical (unpaired) electrons. The molecule has 4 aromatic rings. The van der Waals surface area contributed by atoms with Gasteiger partial charge in [0, 0.05) is 35.8 Å². The Morgan fingerprint density at radius 1 is 1.07 bits per heavy atom. The Balaban J connectivity index is 1.37. The van der Waals surface area contributed by atoms with Crippen LogP contribution in [-0.4, -0.2) is 57.6 Å². The molecule has 30 heavy (non-hydrogen) atoms. The molecule has 4 heterocycles. The van der Waals surface area contributed by atoms with Crippen molar-refractivity contribution in [1.29, 1.82) is 0 Å². The molecule has 1 amide bonds. The summed E-state index contributed by atoms with van der Waals surface area (Å²) < 4.78 is 5.37. The average Bonchev–Trinajstić information content (AvgIpc) is 3.34. The maximum Gasteiger partial charge on any atom is 0.257 e. The van der Waals surface area contributed by atoms with E-state index in [9.17, 15) is 4.79 Å². The van der Waals surface area contributed by atoms with Crippen molar-refractivity contribution in [1.82, 2.24) is 25.4 Å². The number of ether oxygens (including phenoxy) is 1. The molecule has 1 N–H and O–H groups in total. The molecule has 0 spiro atoms. The van der Waals surface area contributed by atoms with E-state index in [0.717, 1.165) is 40.4 Å². The van der Waals surface area contributed by atoms with Gasteiger partial charge in [0.05, 0.1) is 18.7 Å². The minimum atomic E-state index is -0.263. The van der Waals surface area contributed by atoms with E-state index in [1.807, 2.05) is 18.2 Å². The maximum atomic E-state index is 12.8. The van der Waals surface area contributed by atoms with Crippen molar-refractivity contribution in [2.45, 2.75) is 0 Å². The number of carbonyl (C=O) groups is 1. The van der Waals surface area contributed by atoms with Crippen molar-refractivity contribution in [2.24, 2.45) is 0 Å². The van der Waals surface area contributed by atoms with E-state index in [1.54, 1.807) is 29.9 Å². The topological polar surface area (TPSA) is 106 Å². The van der Waals surface area contributed by atoms with Crippen molar-refractivity contribution in [3.8, 4) is 10.6 Å². The van der Waals surface area contributed by atoms with Crippen LogP contribution in [-0.2, 0) is 4.74 Å². The average molecular weight is 419 g/mol. The zero-order chi connectivity index (χ0) is 20.3. The summed E-state index contributed by atoms with van der Waals surface area (Å²) in [4.78, 5) is 19.3. The molecule has 0 atom stereocenters. The molecule has 150 valence electrons. The first-order valence-corrected chi connectivity index (χ1v) is 10.3. The number of aromatic nitrogens is 5. The number of pyridine rings is 1. The fraction of sp³-hybridized carbons (Fsp3) is 0.200. The molecule has 1 saturated heterocycles. The number of rotatable bonds is 4. The van der Waals surface area contributed by atoms with E-state index in [4.69, 9.17) is 4.74 Å². The predicted octanol–water partition coefficient (Wildman–Crippen LogP) is 2.63. The second kappa shape index (κ2) is 8.09. The van der Waals surface area contributed by atoms with Crippen LogP contribution in [0.25, 0.3) is 21.5 Å². The number of nitrogens with one attached hydrogen (secondary N) is 1. The van der Waals surface area contributed by atoms with Gasteiger partial charge < -0.3 is 15.0 Å². The number of fused-ring (bicyclic) bond motifs is 1. The van der Waals surface area contributed by atoms with Crippen LogP contribution in [0.15, 0.2) is 48.1 Å². The zero-order valence-electron chi connectivity index (χ0n) is 15.9. The number of hydrogen-bond acceptors (Lipinski definition) is 9. The van der Waals surface area contributed by atoms with Gasteiger partial charge in [0.25, 0.3) is 5.91 Å². The molecule has 0 saturated carbocycles. The quantitative estimate of drug-likeness (QED) is 0.538. The van der Waals surface area contributed by atoms with Gasteiger partial charge in [-0.1, -0.05) is 11.3 Å². The highest BCUT2D eigenvalue weighted by atomic mass is 32.1. The van der Waals surface area contributed by atoms with E-state index in [-0.39, 0.29) is 5.91 Å². The maximum absolute atomic E-state index is 12.8. The van der Waals surface area contributed by atoms with Crippen LogP contribution < -0.4 is 10.2 Å². The van der Waals surface area contributed by atoms with Gasteiger partial charge in [0.15, 0.2) is 5.82 Å². The molecule has 0 bridgehead atoms. The van der Waals surface area contributed by atoms with Crippen molar-refractivity contribution in [2.75, 3.05) is 36.5 Å². The van der Waals surface area contributed by atoms with Crippen molar-refractivity contribution in [3.05, 3.63) is 53.7 Å². The molecule has 0 unspecified atom stereocenters. The van der Waals surface area contributed by atoms with Gasteiger partial charge in [-0.05, 0) is 36.4 Å². The molecule has 1 fully saturated rings. The molecule has 3 aromatic heterocycles. The third-order valence-electron chi connectivity index (χ3n) is 4.78. The number of amides is 1. The predicted molar refractivity (Wildman–Crippen MR) is 114 cm³/mol. The summed E-state index contributed by atoms with van der Waals surface area (Å²) in [6.07, 6.45) is 1.64. The van der Waals surface area contributed by atoms with E-state index in [0.29, 0.717) is 24.6 Å². The summed E-state index contributed by atoms with van der Waals surface area (Å²) >= 11 is 1.46. The van der Waals surface area contributed by atoms with Gasteiger partial charge in [-0.2, -0.15) is 0 Å². The monoisotopic (exact) mass is 419 g/mol. The lowest BCUT2D eigenvalue weighted by atomic mass is 10.1.